The van der Waals surface area contributed by atoms with E-state index in [0.29, 0.717) is 41.6 Å². The van der Waals surface area contributed by atoms with Crippen LogP contribution in [0.4, 0.5) is 5.69 Å². The van der Waals surface area contributed by atoms with Crippen LogP contribution in [0.25, 0.3) is 0 Å². The van der Waals surface area contributed by atoms with Crippen LogP contribution in [-0.4, -0.2) is 64.4 Å². The first-order valence-electron chi connectivity index (χ1n) is 10.1. The number of hydrogen-bond donors (Lipinski definition) is 1. The van der Waals surface area contributed by atoms with Crippen LogP contribution in [0.3, 0.4) is 0 Å². The molecule has 1 amide bonds. The zero-order valence-corrected chi connectivity index (χ0v) is 18.8. The third kappa shape index (κ3) is 5.88. The van der Waals surface area contributed by atoms with Crippen molar-refractivity contribution >= 4 is 23.2 Å². The summed E-state index contributed by atoms with van der Waals surface area (Å²) in [6, 6.07) is 13.1. The monoisotopic (exact) mass is 442 g/mol. The van der Waals surface area contributed by atoms with Crippen LogP contribution in [-0.2, 0) is 11.3 Å². The number of carbonyl (C=O) groups is 1. The second-order valence-electron chi connectivity index (χ2n) is 7.64. The molecule has 164 valence electrons. The number of ether oxygens (including phenoxy) is 2. The topological polar surface area (TPSA) is 77.8 Å². The van der Waals surface area contributed by atoms with Gasteiger partial charge < -0.3 is 19.7 Å². The third-order valence-electron chi connectivity index (χ3n) is 5.20. The van der Waals surface area contributed by atoms with E-state index in [1.807, 2.05) is 43.3 Å². The molecule has 31 heavy (non-hydrogen) atoms. The predicted octanol–water partition coefficient (Wildman–Crippen LogP) is 2.92. The Morgan fingerprint density at radius 3 is 2.74 bits per heavy atom. The van der Waals surface area contributed by atoms with E-state index in [2.05, 4.69) is 16.3 Å². The first-order chi connectivity index (χ1) is 14.9. The Balaban J connectivity index is 1.58. The first-order valence-corrected chi connectivity index (χ1v) is 10.4. The summed E-state index contributed by atoms with van der Waals surface area (Å²) in [5.74, 6) is 0.217. The molecule has 1 atom stereocenters. The first kappa shape index (κ1) is 22.9. The molecule has 1 heterocycles. The highest BCUT2D eigenvalue weighted by molar-refractivity contribution is 6.33. The molecule has 0 radical (unpaired) electrons. The minimum atomic E-state index is -0.253. The minimum absolute atomic E-state index is 0.112. The Bertz CT molecular complexity index is 957. The largest absolute Gasteiger partial charge is 0.496 e. The summed E-state index contributed by atoms with van der Waals surface area (Å²) >= 11 is 6.34. The van der Waals surface area contributed by atoms with Crippen molar-refractivity contribution in [3.63, 3.8) is 0 Å². The highest BCUT2D eigenvalue weighted by Gasteiger charge is 2.23. The summed E-state index contributed by atoms with van der Waals surface area (Å²) in [5.41, 5.74) is 2.97. The van der Waals surface area contributed by atoms with Crippen LogP contribution < -0.4 is 15.0 Å². The number of halogens is 1. The van der Waals surface area contributed by atoms with E-state index in [1.165, 1.54) is 7.11 Å². The van der Waals surface area contributed by atoms with Crippen LogP contribution in [0.2, 0.25) is 5.02 Å². The van der Waals surface area contributed by atoms with Crippen molar-refractivity contribution in [1.29, 1.82) is 5.26 Å². The van der Waals surface area contributed by atoms with Crippen LogP contribution in [0, 0.1) is 11.3 Å². The van der Waals surface area contributed by atoms with Gasteiger partial charge >= 0.3 is 0 Å². The van der Waals surface area contributed by atoms with Gasteiger partial charge in [-0.15, -0.1) is 0 Å². The van der Waals surface area contributed by atoms with E-state index in [0.717, 1.165) is 24.3 Å². The number of carbonyl (C=O) groups excluding carboxylic acids is 1. The SMILES string of the molecule is COc1cc(N(C)C)c(Cl)cc1C(=O)NCC1CN(Cc2ccc(C#N)cc2)CCO1. The zero-order chi connectivity index (χ0) is 22.4. The van der Waals surface area contributed by atoms with Crippen molar-refractivity contribution < 1.29 is 14.3 Å². The van der Waals surface area contributed by atoms with E-state index in [4.69, 9.17) is 26.3 Å². The average Bonchev–Trinajstić information content (AvgIpc) is 2.78. The standard InChI is InChI=1S/C23H27ClN4O3/c1-27(2)21-11-22(30-3)19(10-20(21)24)23(29)26-13-18-15-28(8-9-31-18)14-17-6-4-16(12-25)5-7-17/h4-7,10-11,18H,8-9,13-15H2,1-3H3,(H,26,29). The molecule has 2 aromatic rings. The molecule has 1 saturated heterocycles. The fourth-order valence-electron chi connectivity index (χ4n) is 3.52. The van der Waals surface area contributed by atoms with E-state index < -0.39 is 0 Å². The van der Waals surface area contributed by atoms with Gasteiger partial charge in [-0.25, -0.2) is 0 Å². The van der Waals surface area contributed by atoms with Crippen LogP contribution in [0.15, 0.2) is 36.4 Å². The second kappa shape index (κ2) is 10.5. The van der Waals surface area contributed by atoms with Gasteiger partial charge in [0.2, 0.25) is 0 Å². The number of rotatable bonds is 7. The number of morpholine rings is 1. The van der Waals surface area contributed by atoms with Crippen molar-refractivity contribution in [3.8, 4) is 11.8 Å². The number of benzene rings is 2. The van der Waals surface area contributed by atoms with Gasteiger partial charge in [0.15, 0.2) is 0 Å². The number of hydrogen-bond acceptors (Lipinski definition) is 6. The Labute approximate surface area is 188 Å². The Hall–Kier alpha value is -2.79. The normalized spacial score (nSPS) is 16.4. The van der Waals surface area contributed by atoms with Gasteiger partial charge in [0, 0.05) is 46.3 Å². The average molecular weight is 443 g/mol. The highest BCUT2D eigenvalue weighted by Crippen LogP contribution is 2.32. The Morgan fingerprint density at radius 2 is 2.10 bits per heavy atom. The third-order valence-corrected chi connectivity index (χ3v) is 5.50. The molecule has 1 N–H and O–H groups in total. The van der Waals surface area contributed by atoms with Crippen molar-refractivity contribution in [2.45, 2.75) is 12.6 Å². The minimum Gasteiger partial charge on any atom is -0.496 e. The lowest BCUT2D eigenvalue weighted by molar-refractivity contribution is -0.0292. The number of nitrogens with zero attached hydrogens (tertiary/aromatic N) is 3. The predicted molar refractivity (Wildman–Crippen MR) is 121 cm³/mol. The van der Waals surface area contributed by atoms with Gasteiger partial charge in [-0.05, 0) is 23.8 Å². The summed E-state index contributed by atoms with van der Waals surface area (Å²) in [6.45, 7) is 3.29. The van der Waals surface area contributed by atoms with Gasteiger partial charge in [0.25, 0.3) is 5.91 Å². The van der Waals surface area contributed by atoms with E-state index >= 15 is 0 Å². The molecule has 3 rings (SSSR count). The number of nitriles is 1. The lowest BCUT2D eigenvalue weighted by Crippen LogP contribution is -2.47. The molecule has 0 aliphatic carbocycles. The zero-order valence-electron chi connectivity index (χ0n) is 18.0. The van der Waals surface area contributed by atoms with Crippen molar-refractivity contribution in [3.05, 3.63) is 58.1 Å². The van der Waals surface area contributed by atoms with Crippen molar-refractivity contribution in [1.82, 2.24) is 10.2 Å². The molecule has 1 fully saturated rings. The lowest BCUT2D eigenvalue weighted by atomic mass is 10.1. The summed E-state index contributed by atoms with van der Waals surface area (Å²) < 4.78 is 11.2. The quantitative estimate of drug-likeness (QED) is 0.710. The molecule has 0 bridgehead atoms. The molecular formula is C23H27ClN4O3. The summed E-state index contributed by atoms with van der Waals surface area (Å²) in [5, 5.41) is 12.4. The molecule has 7 nitrogen and oxygen atoms in total. The number of anilines is 1. The maximum absolute atomic E-state index is 12.8. The van der Waals surface area contributed by atoms with Crippen LogP contribution >= 0.6 is 11.6 Å². The molecule has 1 unspecified atom stereocenters. The number of methoxy groups -OCH3 is 1. The molecule has 0 spiro atoms. The summed E-state index contributed by atoms with van der Waals surface area (Å²) in [6.07, 6.45) is -0.112. The number of nitrogens with one attached hydrogen (secondary N) is 1. The maximum atomic E-state index is 12.8. The fourth-order valence-corrected chi connectivity index (χ4v) is 3.86. The molecule has 0 aromatic heterocycles. The maximum Gasteiger partial charge on any atom is 0.255 e. The van der Waals surface area contributed by atoms with Crippen LogP contribution in [0.1, 0.15) is 21.5 Å². The fraction of sp³-hybridized carbons (Fsp3) is 0.391. The highest BCUT2D eigenvalue weighted by atomic mass is 35.5. The van der Waals surface area contributed by atoms with Crippen molar-refractivity contribution in [2.75, 3.05) is 52.3 Å². The van der Waals surface area contributed by atoms with E-state index in [-0.39, 0.29) is 12.0 Å². The molecule has 8 heteroatoms. The van der Waals surface area contributed by atoms with Crippen LogP contribution in [0.5, 0.6) is 5.75 Å². The molecule has 0 saturated carbocycles. The second-order valence-corrected chi connectivity index (χ2v) is 8.05. The molecular weight excluding hydrogens is 416 g/mol. The smallest absolute Gasteiger partial charge is 0.255 e. The summed E-state index contributed by atoms with van der Waals surface area (Å²) in [4.78, 5) is 16.9. The van der Waals surface area contributed by atoms with Crippen molar-refractivity contribution in [2.24, 2.45) is 0 Å². The number of amides is 1. The molecule has 1 aliphatic heterocycles. The van der Waals surface area contributed by atoms with Gasteiger partial charge in [0.05, 0.1) is 47.7 Å². The van der Waals surface area contributed by atoms with Gasteiger partial charge in [-0.2, -0.15) is 5.26 Å². The molecule has 1 aliphatic rings. The Morgan fingerprint density at radius 1 is 1.35 bits per heavy atom. The lowest BCUT2D eigenvalue weighted by Gasteiger charge is -2.33. The van der Waals surface area contributed by atoms with Gasteiger partial charge in [0.1, 0.15) is 5.75 Å². The summed E-state index contributed by atoms with van der Waals surface area (Å²) in [7, 11) is 5.29. The van der Waals surface area contributed by atoms with E-state index in [9.17, 15) is 4.79 Å². The van der Waals surface area contributed by atoms with Gasteiger partial charge in [-0.1, -0.05) is 23.7 Å². The van der Waals surface area contributed by atoms with E-state index in [1.54, 1.807) is 12.1 Å². The Kier molecular flexibility index (Phi) is 7.75. The van der Waals surface area contributed by atoms with Gasteiger partial charge in [-0.3, -0.25) is 9.69 Å². The molecule has 2 aromatic carbocycles.